The predicted octanol–water partition coefficient (Wildman–Crippen LogP) is 4.16. The number of unbranched alkanes of at least 4 members (excludes halogenated alkanes) is 3. The van der Waals surface area contributed by atoms with Gasteiger partial charge in [0.2, 0.25) is 0 Å². The third kappa shape index (κ3) is 10.5. The molecule has 0 saturated carbocycles. The third-order valence-corrected chi connectivity index (χ3v) is 3.95. The molecule has 2 N–H and O–H groups in total. The fourth-order valence-electron chi connectivity index (χ4n) is 2.56. The van der Waals surface area contributed by atoms with E-state index in [0.29, 0.717) is 6.04 Å². The minimum atomic E-state index is 0.663. The molecule has 0 aromatic heterocycles. The number of rotatable bonds is 13. The highest BCUT2D eigenvalue weighted by molar-refractivity contribution is 5.14. The van der Waals surface area contributed by atoms with Crippen molar-refractivity contribution in [3.63, 3.8) is 0 Å². The molecule has 0 amide bonds. The average molecular weight is 290 g/mol. The van der Waals surface area contributed by atoms with Gasteiger partial charge in [-0.05, 0) is 44.7 Å². The summed E-state index contributed by atoms with van der Waals surface area (Å²) >= 11 is 0. The molecule has 1 unspecified atom stereocenters. The number of hydrogen-bond donors (Lipinski definition) is 2. The van der Waals surface area contributed by atoms with Crippen LogP contribution in [0.5, 0.6) is 0 Å². The van der Waals surface area contributed by atoms with Crippen molar-refractivity contribution in [3.05, 3.63) is 35.9 Å². The van der Waals surface area contributed by atoms with E-state index in [0.717, 1.165) is 19.6 Å². The molecule has 0 saturated heterocycles. The topological polar surface area (TPSA) is 24.1 Å². The van der Waals surface area contributed by atoms with Crippen molar-refractivity contribution >= 4 is 0 Å². The highest BCUT2D eigenvalue weighted by Crippen LogP contribution is 2.04. The Morgan fingerprint density at radius 1 is 0.905 bits per heavy atom. The van der Waals surface area contributed by atoms with Gasteiger partial charge in [-0.2, -0.15) is 0 Å². The van der Waals surface area contributed by atoms with Crippen LogP contribution in [0.4, 0.5) is 0 Å². The molecule has 0 radical (unpaired) electrons. The molecule has 1 aromatic rings. The monoisotopic (exact) mass is 290 g/mol. The second-order valence-electron chi connectivity index (χ2n) is 6.04. The zero-order valence-electron chi connectivity index (χ0n) is 14.0. The molecule has 0 aliphatic carbocycles. The summed E-state index contributed by atoms with van der Waals surface area (Å²) in [5.74, 6) is 0. The maximum Gasteiger partial charge on any atom is 0.00792 e. The van der Waals surface area contributed by atoms with Crippen LogP contribution in [0, 0.1) is 0 Å². The summed E-state index contributed by atoms with van der Waals surface area (Å²) in [4.78, 5) is 0. The summed E-state index contributed by atoms with van der Waals surface area (Å²) in [7, 11) is 0. The SMILES string of the molecule is CCCCCC(C)NCCNCCCCc1ccccc1. The van der Waals surface area contributed by atoms with Crippen LogP contribution in [-0.4, -0.2) is 25.7 Å². The van der Waals surface area contributed by atoms with Crippen molar-refractivity contribution in [1.29, 1.82) is 0 Å². The van der Waals surface area contributed by atoms with E-state index < -0.39 is 0 Å². The lowest BCUT2D eigenvalue weighted by Crippen LogP contribution is -2.33. The third-order valence-electron chi connectivity index (χ3n) is 3.95. The average Bonchev–Trinajstić information content (AvgIpc) is 2.51. The number of hydrogen-bond acceptors (Lipinski definition) is 2. The van der Waals surface area contributed by atoms with Crippen molar-refractivity contribution < 1.29 is 0 Å². The molecule has 0 heterocycles. The Labute approximate surface area is 131 Å². The lowest BCUT2D eigenvalue weighted by Gasteiger charge is -2.13. The van der Waals surface area contributed by atoms with Crippen molar-refractivity contribution in [2.75, 3.05) is 19.6 Å². The van der Waals surface area contributed by atoms with E-state index in [1.807, 2.05) is 0 Å². The molecule has 1 atom stereocenters. The molecule has 0 spiro atoms. The highest BCUT2D eigenvalue weighted by Gasteiger charge is 1.99. The summed E-state index contributed by atoms with van der Waals surface area (Å²) < 4.78 is 0. The maximum absolute atomic E-state index is 3.60. The van der Waals surface area contributed by atoms with Crippen LogP contribution in [0.3, 0.4) is 0 Å². The lowest BCUT2D eigenvalue weighted by atomic mass is 10.1. The summed E-state index contributed by atoms with van der Waals surface area (Å²) in [6.07, 6.45) is 9.10. The summed E-state index contributed by atoms with van der Waals surface area (Å²) in [6.45, 7) is 7.88. The van der Waals surface area contributed by atoms with Crippen LogP contribution >= 0.6 is 0 Å². The molecule has 120 valence electrons. The lowest BCUT2D eigenvalue weighted by molar-refractivity contribution is 0.478. The van der Waals surface area contributed by atoms with Gasteiger partial charge in [0, 0.05) is 19.1 Å². The Morgan fingerprint density at radius 2 is 1.71 bits per heavy atom. The Bertz CT molecular complexity index is 324. The van der Waals surface area contributed by atoms with Gasteiger partial charge in [-0.1, -0.05) is 56.5 Å². The van der Waals surface area contributed by atoms with E-state index in [9.17, 15) is 0 Å². The van der Waals surface area contributed by atoms with E-state index in [2.05, 4.69) is 54.8 Å². The number of aryl methyl sites for hydroxylation is 1. The molecule has 0 fully saturated rings. The number of nitrogens with one attached hydrogen (secondary N) is 2. The Balaban J connectivity index is 1.84. The predicted molar refractivity (Wildman–Crippen MR) is 93.9 cm³/mol. The van der Waals surface area contributed by atoms with E-state index in [1.54, 1.807) is 0 Å². The van der Waals surface area contributed by atoms with Gasteiger partial charge in [0.15, 0.2) is 0 Å². The van der Waals surface area contributed by atoms with E-state index >= 15 is 0 Å². The smallest absolute Gasteiger partial charge is 0.00792 e. The van der Waals surface area contributed by atoms with Crippen molar-refractivity contribution in [2.24, 2.45) is 0 Å². The molecular weight excluding hydrogens is 256 g/mol. The quantitative estimate of drug-likeness (QED) is 0.533. The standard InChI is InChI=1S/C19H34N2/c1-3-4-6-11-18(2)21-17-16-20-15-10-9-14-19-12-7-5-8-13-19/h5,7-8,12-13,18,20-21H,3-4,6,9-11,14-17H2,1-2H3. The second kappa shape index (κ2) is 12.8. The maximum atomic E-state index is 3.60. The molecule has 2 nitrogen and oxygen atoms in total. The first kappa shape index (κ1) is 18.2. The van der Waals surface area contributed by atoms with Gasteiger partial charge >= 0.3 is 0 Å². The minimum Gasteiger partial charge on any atom is -0.315 e. The van der Waals surface area contributed by atoms with Crippen LogP contribution < -0.4 is 10.6 Å². The van der Waals surface area contributed by atoms with Crippen LogP contribution in [0.25, 0.3) is 0 Å². The molecule has 1 aromatic carbocycles. The van der Waals surface area contributed by atoms with Crippen molar-refractivity contribution in [3.8, 4) is 0 Å². The molecule has 21 heavy (non-hydrogen) atoms. The Hall–Kier alpha value is -0.860. The summed E-state index contributed by atoms with van der Waals surface area (Å²) in [5.41, 5.74) is 1.46. The normalized spacial score (nSPS) is 12.5. The molecule has 0 aliphatic rings. The van der Waals surface area contributed by atoms with Gasteiger partial charge in [-0.3, -0.25) is 0 Å². The van der Waals surface area contributed by atoms with E-state index in [-0.39, 0.29) is 0 Å². The largest absolute Gasteiger partial charge is 0.315 e. The zero-order chi connectivity index (χ0) is 15.2. The first-order valence-electron chi connectivity index (χ1n) is 8.81. The van der Waals surface area contributed by atoms with Crippen LogP contribution in [0.15, 0.2) is 30.3 Å². The summed E-state index contributed by atoms with van der Waals surface area (Å²) in [5, 5.41) is 7.13. The Kier molecular flexibility index (Phi) is 11.1. The van der Waals surface area contributed by atoms with Gasteiger partial charge in [0.1, 0.15) is 0 Å². The second-order valence-corrected chi connectivity index (χ2v) is 6.04. The van der Waals surface area contributed by atoms with Gasteiger partial charge in [0.25, 0.3) is 0 Å². The van der Waals surface area contributed by atoms with Gasteiger partial charge in [-0.25, -0.2) is 0 Å². The van der Waals surface area contributed by atoms with Gasteiger partial charge < -0.3 is 10.6 Å². The molecular formula is C19H34N2. The fourth-order valence-corrected chi connectivity index (χ4v) is 2.56. The van der Waals surface area contributed by atoms with Crippen molar-refractivity contribution in [1.82, 2.24) is 10.6 Å². The highest BCUT2D eigenvalue weighted by atomic mass is 15.0. The number of benzene rings is 1. The Morgan fingerprint density at radius 3 is 2.48 bits per heavy atom. The van der Waals surface area contributed by atoms with Gasteiger partial charge in [-0.15, -0.1) is 0 Å². The molecule has 0 aliphatic heterocycles. The minimum absolute atomic E-state index is 0.663. The zero-order valence-corrected chi connectivity index (χ0v) is 14.0. The van der Waals surface area contributed by atoms with Crippen molar-refractivity contribution in [2.45, 2.75) is 64.8 Å². The molecule has 0 bridgehead atoms. The van der Waals surface area contributed by atoms with E-state index in [4.69, 9.17) is 0 Å². The first-order valence-corrected chi connectivity index (χ1v) is 8.81. The van der Waals surface area contributed by atoms with Crippen LogP contribution in [0.2, 0.25) is 0 Å². The molecule has 1 rings (SSSR count). The molecule has 2 heteroatoms. The fraction of sp³-hybridized carbons (Fsp3) is 0.684. The van der Waals surface area contributed by atoms with Crippen LogP contribution in [-0.2, 0) is 6.42 Å². The first-order chi connectivity index (χ1) is 10.3. The van der Waals surface area contributed by atoms with E-state index in [1.165, 1.54) is 50.5 Å². The van der Waals surface area contributed by atoms with Gasteiger partial charge in [0.05, 0.1) is 0 Å². The van der Waals surface area contributed by atoms with Crippen LogP contribution in [0.1, 0.15) is 57.9 Å². The summed E-state index contributed by atoms with van der Waals surface area (Å²) in [6, 6.07) is 11.4.